The number of esters is 1. The normalized spacial score (nSPS) is 19.1. The molecule has 0 radical (unpaired) electrons. The molecule has 29 heavy (non-hydrogen) atoms. The van der Waals surface area contributed by atoms with Crippen LogP contribution < -0.4 is 5.32 Å². The average Bonchev–Trinajstić information content (AvgIpc) is 3.27. The highest BCUT2D eigenvalue weighted by Gasteiger charge is 2.26. The molecule has 1 aromatic carbocycles. The number of rotatable bonds is 6. The van der Waals surface area contributed by atoms with Crippen molar-refractivity contribution >= 4 is 22.8 Å². The van der Waals surface area contributed by atoms with Gasteiger partial charge in [0.1, 0.15) is 0 Å². The number of likely N-dealkylation sites (N-methyl/N-ethyl adjacent to an activating group) is 1. The Bertz CT molecular complexity index is 908. The summed E-state index contributed by atoms with van der Waals surface area (Å²) in [6.07, 6.45) is 2.83. The van der Waals surface area contributed by atoms with E-state index < -0.39 is 5.97 Å². The van der Waals surface area contributed by atoms with E-state index in [-0.39, 0.29) is 18.6 Å². The van der Waals surface area contributed by atoms with Crippen molar-refractivity contribution in [1.82, 2.24) is 15.2 Å². The molecule has 154 valence electrons. The average molecular weight is 397 g/mol. The van der Waals surface area contributed by atoms with Crippen LogP contribution in [-0.2, 0) is 27.2 Å². The summed E-state index contributed by atoms with van der Waals surface area (Å²) in [6.45, 7) is 5.50. The summed E-state index contributed by atoms with van der Waals surface area (Å²) in [5.74, 6) is -0.777. The molecule has 1 fully saturated rings. The third-order valence-corrected chi connectivity index (χ3v) is 5.66. The number of benzene rings is 1. The van der Waals surface area contributed by atoms with E-state index in [0.29, 0.717) is 18.7 Å². The van der Waals surface area contributed by atoms with Gasteiger partial charge in [-0.15, -0.1) is 0 Å². The Kier molecular flexibility index (Phi) is 6.06. The zero-order valence-corrected chi connectivity index (χ0v) is 16.8. The standard InChI is InChI=1S/C22H27N3O4/c1-2-25-10-9-19-17(13-25)21(16-7-3-4-8-18(16)24-19)22(27)29-14-20(26)23-12-15-6-5-11-28-15/h3-4,7-8,15H,2,5-6,9-14H2,1H3,(H,23,26). The van der Waals surface area contributed by atoms with Gasteiger partial charge in [-0.1, -0.05) is 25.1 Å². The number of nitrogens with one attached hydrogen (secondary N) is 1. The number of amides is 1. The minimum atomic E-state index is -0.468. The van der Waals surface area contributed by atoms with Crippen LogP contribution >= 0.6 is 0 Å². The molecule has 0 spiro atoms. The highest BCUT2D eigenvalue weighted by Crippen LogP contribution is 2.28. The van der Waals surface area contributed by atoms with E-state index in [4.69, 9.17) is 14.5 Å². The second kappa shape index (κ2) is 8.88. The van der Waals surface area contributed by atoms with E-state index in [9.17, 15) is 9.59 Å². The van der Waals surface area contributed by atoms with Crippen molar-refractivity contribution in [3.63, 3.8) is 0 Å². The lowest BCUT2D eigenvalue weighted by atomic mass is 9.96. The van der Waals surface area contributed by atoms with Crippen LogP contribution in [0.15, 0.2) is 24.3 Å². The van der Waals surface area contributed by atoms with Crippen LogP contribution in [0.25, 0.3) is 10.9 Å². The number of hydrogen-bond acceptors (Lipinski definition) is 6. The molecule has 1 amide bonds. The molecule has 1 aromatic heterocycles. The molecule has 2 aromatic rings. The maximum absolute atomic E-state index is 13.0. The van der Waals surface area contributed by atoms with Crippen molar-refractivity contribution in [2.24, 2.45) is 0 Å². The van der Waals surface area contributed by atoms with Gasteiger partial charge in [0.2, 0.25) is 0 Å². The summed E-state index contributed by atoms with van der Waals surface area (Å²) >= 11 is 0. The van der Waals surface area contributed by atoms with Crippen LogP contribution in [0, 0.1) is 0 Å². The highest BCUT2D eigenvalue weighted by molar-refractivity contribution is 6.05. The maximum Gasteiger partial charge on any atom is 0.339 e. The molecule has 3 heterocycles. The monoisotopic (exact) mass is 397 g/mol. The van der Waals surface area contributed by atoms with Crippen LogP contribution in [-0.4, -0.2) is 60.7 Å². The predicted molar refractivity (Wildman–Crippen MR) is 109 cm³/mol. The first-order chi connectivity index (χ1) is 14.2. The number of carbonyl (C=O) groups excluding carboxylic acids is 2. The van der Waals surface area contributed by atoms with E-state index >= 15 is 0 Å². The van der Waals surface area contributed by atoms with Crippen molar-refractivity contribution in [2.45, 2.75) is 38.8 Å². The quantitative estimate of drug-likeness (QED) is 0.752. The Morgan fingerprint density at radius 1 is 1.34 bits per heavy atom. The van der Waals surface area contributed by atoms with E-state index in [1.807, 2.05) is 24.3 Å². The largest absolute Gasteiger partial charge is 0.452 e. The van der Waals surface area contributed by atoms with Crippen LogP contribution in [0.5, 0.6) is 0 Å². The van der Waals surface area contributed by atoms with Crippen molar-refractivity contribution in [3.05, 3.63) is 41.1 Å². The topological polar surface area (TPSA) is 80.8 Å². The van der Waals surface area contributed by atoms with Gasteiger partial charge in [0.05, 0.1) is 17.2 Å². The summed E-state index contributed by atoms with van der Waals surface area (Å²) < 4.78 is 10.9. The van der Waals surface area contributed by atoms with Gasteiger partial charge in [-0.3, -0.25) is 14.7 Å². The summed E-state index contributed by atoms with van der Waals surface area (Å²) in [5, 5.41) is 3.56. The van der Waals surface area contributed by atoms with Gasteiger partial charge in [-0.05, 0) is 25.5 Å². The molecule has 1 unspecified atom stereocenters. The molecule has 0 saturated carbocycles. The molecule has 2 aliphatic rings. The van der Waals surface area contributed by atoms with E-state index in [0.717, 1.165) is 61.1 Å². The van der Waals surface area contributed by atoms with Gasteiger partial charge in [-0.2, -0.15) is 0 Å². The fourth-order valence-electron chi connectivity index (χ4n) is 4.04. The SMILES string of the molecule is CCN1CCc2nc3ccccc3c(C(=O)OCC(=O)NCC3CCCO3)c2C1. The molecule has 1 N–H and O–H groups in total. The van der Waals surface area contributed by atoms with E-state index in [1.165, 1.54) is 0 Å². The molecule has 7 nitrogen and oxygen atoms in total. The summed E-state index contributed by atoms with van der Waals surface area (Å²) in [4.78, 5) is 32.2. The van der Waals surface area contributed by atoms with Crippen LogP contribution in [0.3, 0.4) is 0 Å². The molecule has 2 aliphatic heterocycles. The highest BCUT2D eigenvalue weighted by atomic mass is 16.5. The Hall–Kier alpha value is -2.51. The zero-order chi connectivity index (χ0) is 20.2. The van der Waals surface area contributed by atoms with Gasteiger partial charge in [0.25, 0.3) is 5.91 Å². The number of carbonyl (C=O) groups is 2. The second-order valence-corrected chi connectivity index (χ2v) is 7.56. The maximum atomic E-state index is 13.0. The van der Waals surface area contributed by atoms with Crippen molar-refractivity contribution in [1.29, 1.82) is 0 Å². The van der Waals surface area contributed by atoms with Crippen LogP contribution in [0.1, 0.15) is 41.4 Å². The minimum Gasteiger partial charge on any atom is -0.452 e. The lowest BCUT2D eigenvalue weighted by Gasteiger charge is -2.28. The summed E-state index contributed by atoms with van der Waals surface area (Å²) in [5.41, 5.74) is 3.19. The Labute approximate surface area is 170 Å². The minimum absolute atomic E-state index is 0.0610. The first-order valence-electron chi connectivity index (χ1n) is 10.3. The van der Waals surface area contributed by atoms with Gasteiger partial charge < -0.3 is 14.8 Å². The zero-order valence-electron chi connectivity index (χ0n) is 16.8. The number of hydrogen-bond donors (Lipinski definition) is 1. The number of para-hydroxylation sites is 1. The third-order valence-electron chi connectivity index (χ3n) is 5.66. The summed E-state index contributed by atoms with van der Waals surface area (Å²) in [6, 6.07) is 7.60. The third kappa shape index (κ3) is 4.41. The number of fused-ring (bicyclic) bond motifs is 2. The van der Waals surface area contributed by atoms with E-state index in [2.05, 4.69) is 17.1 Å². The fourth-order valence-corrected chi connectivity index (χ4v) is 4.04. The molecule has 4 rings (SSSR count). The first kappa shape index (κ1) is 19.8. The number of aromatic nitrogens is 1. The second-order valence-electron chi connectivity index (χ2n) is 7.56. The van der Waals surface area contributed by atoms with Crippen molar-refractivity contribution in [3.8, 4) is 0 Å². The molecule has 0 bridgehead atoms. The lowest BCUT2D eigenvalue weighted by Crippen LogP contribution is -2.35. The Morgan fingerprint density at radius 2 is 2.21 bits per heavy atom. The fraction of sp³-hybridized carbons (Fsp3) is 0.500. The molecular formula is C22H27N3O4. The van der Waals surface area contributed by atoms with Crippen molar-refractivity contribution in [2.75, 3.05) is 32.8 Å². The molecule has 0 aliphatic carbocycles. The van der Waals surface area contributed by atoms with Gasteiger partial charge in [0.15, 0.2) is 6.61 Å². The Morgan fingerprint density at radius 3 is 3.00 bits per heavy atom. The van der Waals surface area contributed by atoms with Crippen LogP contribution in [0.4, 0.5) is 0 Å². The molecule has 1 saturated heterocycles. The molecular weight excluding hydrogens is 370 g/mol. The number of nitrogens with zero attached hydrogens (tertiary/aromatic N) is 2. The number of ether oxygens (including phenoxy) is 2. The Balaban J connectivity index is 1.51. The van der Waals surface area contributed by atoms with Crippen LogP contribution in [0.2, 0.25) is 0 Å². The number of pyridine rings is 1. The first-order valence-corrected chi connectivity index (χ1v) is 10.3. The smallest absolute Gasteiger partial charge is 0.339 e. The van der Waals surface area contributed by atoms with Crippen molar-refractivity contribution < 1.29 is 19.1 Å². The molecule has 7 heteroatoms. The van der Waals surface area contributed by atoms with Gasteiger partial charge >= 0.3 is 5.97 Å². The summed E-state index contributed by atoms with van der Waals surface area (Å²) in [7, 11) is 0. The van der Waals surface area contributed by atoms with E-state index in [1.54, 1.807) is 0 Å². The molecule has 1 atom stereocenters. The van der Waals surface area contributed by atoms with Gasteiger partial charge in [0, 0.05) is 49.3 Å². The predicted octanol–water partition coefficient (Wildman–Crippen LogP) is 2.06. The lowest BCUT2D eigenvalue weighted by molar-refractivity contribution is -0.124. The van der Waals surface area contributed by atoms with Gasteiger partial charge in [-0.25, -0.2) is 4.79 Å².